The van der Waals surface area contributed by atoms with Crippen LogP contribution in [0.25, 0.3) is 10.8 Å². The van der Waals surface area contributed by atoms with Gasteiger partial charge in [-0.3, -0.25) is 4.79 Å². The maximum Gasteiger partial charge on any atom is 0.209 e. The van der Waals surface area contributed by atoms with Crippen molar-refractivity contribution in [3.63, 3.8) is 0 Å². The predicted molar refractivity (Wildman–Crippen MR) is 94.8 cm³/mol. The third kappa shape index (κ3) is 3.79. The number of amides is 1. The number of benzene rings is 2. The lowest BCUT2D eigenvalue weighted by Gasteiger charge is -2.31. The monoisotopic (exact) mass is 330 g/mol. The number of nitrogens with zero attached hydrogens (tertiary/aromatic N) is 2. The summed E-state index contributed by atoms with van der Waals surface area (Å²) in [6.45, 7) is 7.46. The van der Waals surface area contributed by atoms with Crippen molar-refractivity contribution in [3.05, 3.63) is 36.4 Å². The van der Waals surface area contributed by atoms with Crippen molar-refractivity contribution in [2.45, 2.75) is 24.8 Å². The minimum Gasteiger partial charge on any atom is -0.490 e. The Bertz CT molecular complexity index is 682. The summed E-state index contributed by atoms with van der Waals surface area (Å²) in [4.78, 5) is 13.9. The van der Waals surface area contributed by atoms with Crippen LogP contribution in [-0.2, 0) is 4.79 Å². The van der Waals surface area contributed by atoms with Gasteiger partial charge in [-0.1, -0.05) is 24.3 Å². The smallest absolute Gasteiger partial charge is 0.209 e. The molecule has 1 heterocycles. The van der Waals surface area contributed by atoms with Crippen LogP contribution in [0.4, 0.5) is 0 Å². The fraction of sp³-hybridized carbons (Fsp3) is 0.389. The number of ether oxygens (including phenoxy) is 1. The van der Waals surface area contributed by atoms with Crippen LogP contribution in [0.1, 0.15) is 13.8 Å². The van der Waals surface area contributed by atoms with Gasteiger partial charge in [0, 0.05) is 41.8 Å². The minimum absolute atomic E-state index is 0.160. The quantitative estimate of drug-likeness (QED) is 0.621. The number of fused-ring (bicyclic) bond motifs is 1. The van der Waals surface area contributed by atoms with Gasteiger partial charge in [-0.05, 0) is 37.9 Å². The Hall–Kier alpha value is -1.72. The summed E-state index contributed by atoms with van der Waals surface area (Å²) >= 11 is 1.77. The summed E-state index contributed by atoms with van der Waals surface area (Å²) in [5.41, 5.74) is 0. The zero-order chi connectivity index (χ0) is 16.2. The maximum absolute atomic E-state index is 10.8. The Kier molecular flexibility index (Phi) is 5.08. The zero-order valence-electron chi connectivity index (χ0n) is 13.6. The lowest BCUT2D eigenvalue weighted by Crippen LogP contribution is -2.42. The molecule has 1 aliphatic rings. The second-order valence-electron chi connectivity index (χ2n) is 5.94. The molecule has 2 aromatic rings. The maximum atomic E-state index is 10.8. The molecule has 23 heavy (non-hydrogen) atoms. The van der Waals surface area contributed by atoms with Crippen LogP contribution in [0.3, 0.4) is 0 Å². The molecule has 2 aromatic carbocycles. The van der Waals surface area contributed by atoms with Gasteiger partial charge in [0.25, 0.3) is 0 Å². The molecule has 122 valence electrons. The first-order valence-corrected chi connectivity index (χ1v) is 8.75. The summed E-state index contributed by atoms with van der Waals surface area (Å²) in [6.07, 6.45) is 1.10. The third-order valence-corrected chi connectivity index (χ3v) is 5.03. The van der Waals surface area contributed by atoms with Crippen molar-refractivity contribution < 1.29 is 9.53 Å². The Labute approximate surface area is 141 Å². The summed E-state index contributed by atoms with van der Waals surface area (Å²) in [5.74, 6) is 0.936. The molecule has 0 spiro atoms. The van der Waals surface area contributed by atoms with Gasteiger partial charge in [0.15, 0.2) is 0 Å². The Morgan fingerprint density at radius 1 is 1.04 bits per heavy atom. The van der Waals surface area contributed by atoms with Gasteiger partial charge in [-0.2, -0.15) is 0 Å². The number of hydrogen-bond donors (Lipinski definition) is 0. The molecule has 0 aromatic heterocycles. The van der Waals surface area contributed by atoms with E-state index in [4.69, 9.17) is 4.74 Å². The van der Waals surface area contributed by atoms with E-state index in [0.29, 0.717) is 0 Å². The van der Waals surface area contributed by atoms with Crippen molar-refractivity contribution in [1.82, 2.24) is 9.21 Å². The average Bonchev–Trinajstić information content (AvgIpc) is 2.56. The van der Waals surface area contributed by atoms with Crippen molar-refractivity contribution in [2.75, 3.05) is 26.2 Å². The van der Waals surface area contributed by atoms with Crippen molar-refractivity contribution >= 4 is 29.1 Å². The number of hydrogen-bond acceptors (Lipinski definition) is 4. The molecular weight excluding hydrogens is 308 g/mol. The van der Waals surface area contributed by atoms with Gasteiger partial charge >= 0.3 is 0 Å². The van der Waals surface area contributed by atoms with Crippen LogP contribution >= 0.6 is 11.9 Å². The molecule has 1 amide bonds. The molecule has 5 heteroatoms. The largest absolute Gasteiger partial charge is 0.490 e. The first-order chi connectivity index (χ1) is 11.2. The molecule has 3 rings (SSSR count). The van der Waals surface area contributed by atoms with Gasteiger partial charge in [0.2, 0.25) is 6.41 Å². The number of carbonyl (C=O) groups excluding carboxylic acids is 1. The minimum atomic E-state index is 0.160. The average molecular weight is 330 g/mol. The molecule has 0 radical (unpaired) electrons. The Morgan fingerprint density at radius 2 is 1.74 bits per heavy atom. The van der Waals surface area contributed by atoms with Gasteiger partial charge in [-0.25, -0.2) is 4.31 Å². The number of carbonyl (C=O) groups is 1. The zero-order valence-corrected chi connectivity index (χ0v) is 14.4. The van der Waals surface area contributed by atoms with Crippen molar-refractivity contribution in [3.8, 4) is 5.75 Å². The molecule has 0 bridgehead atoms. The SMILES string of the molecule is CC(C)Oc1cccc2c(SN3CCN(C=O)CC3)cccc12. The fourth-order valence-electron chi connectivity index (χ4n) is 2.73. The van der Waals surface area contributed by atoms with E-state index in [0.717, 1.165) is 43.7 Å². The highest BCUT2D eigenvalue weighted by Gasteiger charge is 2.17. The third-order valence-electron chi connectivity index (χ3n) is 3.85. The van der Waals surface area contributed by atoms with Gasteiger partial charge in [-0.15, -0.1) is 0 Å². The van der Waals surface area contributed by atoms with Crippen LogP contribution in [-0.4, -0.2) is 47.9 Å². The molecule has 0 saturated carbocycles. The van der Waals surface area contributed by atoms with Crippen molar-refractivity contribution in [2.24, 2.45) is 0 Å². The molecule has 1 saturated heterocycles. The predicted octanol–water partition coefficient (Wildman–Crippen LogP) is 3.41. The molecule has 1 fully saturated rings. The molecule has 0 N–H and O–H groups in total. The molecular formula is C18H22N2O2S. The molecule has 0 unspecified atom stereocenters. The second kappa shape index (κ2) is 7.23. The van der Waals surface area contributed by atoms with Crippen LogP contribution in [0, 0.1) is 0 Å². The highest BCUT2D eigenvalue weighted by atomic mass is 32.2. The standard InChI is InChI=1S/C18H22N2O2S/c1-14(2)22-17-7-3-6-16-15(17)5-4-8-18(16)23-20-11-9-19(13-21)10-12-20/h3-8,13-14H,9-12H2,1-2H3. The van der Waals surface area contributed by atoms with Crippen LogP contribution in [0.5, 0.6) is 5.75 Å². The molecule has 1 aliphatic heterocycles. The van der Waals surface area contributed by atoms with E-state index < -0.39 is 0 Å². The Balaban J connectivity index is 1.83. The van der Waals surface area contributed by atoms with E-state index in [1.54, 1.807) is 11.9 Å². The highest BCUT2D eigenvalue weighted by Crippen LogP contribution is 2.35. The van der Waals surface area contributed by atoms with E-state index in [1.165, 1.54) is 10.3 Å². The van der Waals surface area contributed by atoms with Crippen LogP contribution in [0.2, 0.25) is 0 Å². The first kappa shape index (κ1) is 16.1. The Morgan fingerprint density at radius 3 is 2.43 bits per heavy atom. The van der Waals surface area contributed by atoms with Gasteiger partial charge in [0.05, 0.1) is 6.10 Å². The summed E-state index contributed by atoms with van der Waals surface area (Å²) in [7, 11) is 0. The fourth-order valence-corrected chi connectivity index (χ4v) is 3.77. The lowest BCUT2D eigenvalue weighted by atomic mass is 10.1. The summed E-state index contributed by atoms with van der Waals surface area (Å²) in [6, 6.07) is 12.6. The van der Waals surface area contributed by atoms with E-state index in [1.807, 2.05) is 24.8 Å². The van der Waals surface area contributed by atoms with Gasteiger partial charge in [0.1, 0.15) is 5.75 Å². The van der Waals surface area contributed by atoms with E-state index in [2.05, 4.69) is 34.6 Å². The number of piperazine rings is 1. The molecule has 0 aliphatic carbocycles. The topological polar surface area (TPSA) is 32.8 Å². The van der Waals surface area contributed by atoms with Crippen molar-refractivity contribution in [1.29, 1.82) is 0 Å². The molecule has 4 nitrogen and oxygen atoms in total. The second-order valence-corrected chi connectivity index (χ2v) is 7.07. The van der Waals surface area contributed by atoms with Crippen LogP contribution < -0.4 is 4.74 Å². The van der Waals surface area contributed by atoms with E-state index >= 15 is 0 Å². The highest BCUT2D eigenvalue weighted by molar-refractivity contribution is 7.97. The van der Waals surface area contributed by atoms with Gasteiger partial charge < -0.3 is 9.64 Å². The van der Waals surface area contributed by atoms with E-state index in [-0.39, 0.29) is 6.10 Å². The number of rotatable bonds is 5. The lowest BCUT2D eigenvalue weighted by molar-refractivity contribution is -0.119. The van der Waals surface area contributed by atoms with E-state index in [9.17, 15) is 4.79 Å². The normalized spacial score (nSPS) is 16.0. The summed E-state index contributed by atoms with van der Waals surface area (Å²) in [5, 5.41) is 2.37. The van der Waals surface area contributed by atoms with Crippen LogP contribution in [0.15, 0.2) is 41.3 Å². The molecule has 0 atom stereocenters. The first-order valence-electron chi connectivity index (χ1n) is 7.98. The summed E-state index contributed by atoms with van der Waals surface area (Å²) < 4.78 is 8.26.